The number of rotatable bonds is 2. The van der Waals surface area contributed by atoms with Crippen molar-refractivity contribution in [3.05, 3.63) is 35.8 Å². The third-order valence-corrected chi connectivity index (χ3v) is 6.05. The molecule has 0 bridgehead atoms. The number of hydrogen-bond acceptors (Lipinski definition) is 7. The van der Waals surface area contributed by atoms with Crippen molar-refractivity contribution in [1.82, 2.24) is 15.0 Å². The van der Waals surface area contributed by atoms with Crippen molar-refractivity contribution in [2.75, 3.05) is 24.6 Å². The smallest absolute Gasteiger partial charge is 0.225 e. The number of piperidine rings is 1. The van der Waals surface area contributed by atoms with E-state index in [1.807, 2.05) is 26.0 Å². The van der Waals surface area contributed by atoms with Crippen LogP contribution in [-0.4, -0.2) is 62.2 Å². The first kappa shape index (κ1) is 19.2. The lowest BCUT2D eigenvalue weighted by atomic mass is 9.77. The lowest BCUT2D eigenvalue weighted by Crippen LogP contribution is -2.59. The summed E-state index contributed by atoms with van der Waals surface area (Å²) in [7, 11) is 0. The van der Waals surface area contributed by atoms with Crippen LogP contribution in [0.15, 0.2) is 24.4 Å². The number of nitrogens with zero attached hydrogens (tertiary/aromatic N) is 4. The van der Waals surface area contributed by atoms with Crippen molar-refractivity contribution in [2.24, 2.45) is 0 Å². The van der Waals surface area contributed by atoms with E-state index < -0.39 is 11.7 Å². The average Bonchev–Trinajstić information content (AvgIpc) is 2.66. The van der Waals surface area contributed by atoms with E-state index in [2.05, 4.69) is 20.9 Å². The molecule has 0 saturated carbocycles. The lowest BCUT2D eigenvalue weighted by Gasteiger charge is -2.49. The van der Waals surface area contributed by atoms with Crippen molar-refractivity contribution >= 4 is 5.95 Å². The molecular weight excluding hydrogens is 356 g/mol. The van der Waals surface area contributed by atoms with Crippen LogP contribution >= 0.6 is 0 Å². The zero-order valence-corrected chi connectivity index (χ0v) is 16.7. The Morgan fingerprint density at radius 1 is 1.14 bits per heavy atom. The standard InChI is InChI=1S/C21H28N4O3/c1-14-4-5-16(15(2)23-14)17-6-9-22-19(24-17)25-10-7-21(8-11-25)13-20(3,27)18(26)12-28-21/h4-6,9,18,26-27H,7-8,10-13H2,1-3H3/t18-,20-/m0/s1. The molecule has 1 spiro atoms. The maximum atomic E-state index is 10.5. The van der Waals surface area contributed by atoms with E-state index in [1.165, 1.54) is 0 Å². The number of aliphatic hydroxyl groups is 2. The van der Waals surface area contributed by atoms with Crippen LogP contribution in [0.1, 0.15) is 37.6 Å². The van der Waals surface area contributed by atoms with Crippen molar-refractivity contribution in [1.29, 1.82) is 0 Å². The van der Waals surface area contributed by atoms with Crippen LogP contribution in [0.3, 0.4) is 0 Å². The molecule has 0 aromatic carbocycles. The fourth-order valence-corrected chi connectivity index (χ4v) is 4.30. The molecule has 2 aliphatic rings. The summed E-state index contributed by atoms with van der Waals surface area (Å²) in [6, 6.07) is 5.96. The van der Waals surface area contributed by atoms with Crippen molar-refractivity contribution in [2.45, 2.75) is 57.3 Å². The van der Waals surface area contributed by atoms with Crippen LogP contribution in [0.5, 0.6) is 0 Å². The van der Waals surface area contributed by atoms with E-state index in [0.717, 1.165) is 48.6 Å². The van der Waals surface area contributed by atoms with E-state index >= 15 is 0 Å². The van der Waals surface area contributed by atoms with Crippen molar-refractivity contribution in [3.63, 3.8) is 0 Å². The van der Waals surface area contributed by atoms with E-state index in [9.17, 15) is 10.2 Å². The van der Waals surface area contributed by atoms with Gasteiger partial charge in [-0.05, 0) is 51.8 Å². The lowest BCUT2D eigenvalue weighted by molar-refractivity contribution is -0.216. The van der Waals surface area contributed by atoms with Crippen molar-refractivity contribution < 1.29 is 14.9 Å². The van der Waals surface area contributed by atoms with Gasteiger partial charge in [0.2, 0.25) is 5.95 Å². The molecule has 0 aliphatic carbocycles. The molecule has 28 heavy (non-hydrogen) atoms. The van der Waals surface area contributed by atoms with Gasteiger partial charge >= 0.3 is 0 Å². The summed E-state index contributed by atoms with van der Waals surface area (Å²) >= 11 is 0. The molecule has 2 N–H and O–H groups in total. The van der Waals surface area contributed by atoms with Gasteiger partial charge in [-0.15, -0.1) is 0 Å². The summed E-state index contributed by atoms with van der Waals surface area (Å²) in [6.07, 6.45) is 2.95. The zero-order chi connectivity index (χ0) is 19.9. The molecule has 0 radical (unpaired) electrons. The average molecular weight is 384 g/mol. The SMILES string of the molecule is Cc1ccc(-c2ccnc(N3CCC4(CC3)C[C@](C)(O)[C@@H](O)CO4)n2)c(C)n1. The Balaban J connectivity index is 1.50. The van der Waals surface area contributed by atoms with E-state index in [4.69, 9.17) is 9.72 Å². The van der Waals surface area contributed by atoms with Crippen LogP contribution in [-0.2, 0) is 4.74 Å². The van der Waals surface area contributed by atoms with Gasteiger partial charge in [-0.1, -0.05) is 0 Å². The maximum absolute atomic E-state index is 10.5. The molecule has 0 unspecified atom stereocenters. The van der Waals surface area contributed by atoms with E-state index in [0.29, 0.717) is 12.4 Å². The highest BCUT2D eigenvalue weighted by molar-refractivity contribution is 5.62. The van der Waals surface area contributed by atoms with Gasteiger partial charge in [-0.3, -0.25) is 4.98 Å². The number of pyridine rings is 1. The van der Waals surface area contributed by atoms with E-state index in [-0.39, 0.29) is 12.2 Å². The summed E-state index contributed by atoms with van der Waals surface area (Å²) in [5, 5.41) is 20.4. The first-order chi connectivity index (χ1) is 13.3. The zero-order valence-electron chi connectivity index (χ0n) is 16.7. The highest BCUT2D eigenvalue weighted by atomic mass is 16.5. The van der Waals surface area contributed by atoms with E-state index in [1.54, 1.807) is 13.1 Å². The summed E-state index contributed by atoms with van der Waals surface area (Å²) in [6.45, 7) is 7.35. The molecule has 7 nitrogen and oxygen atoms in total. The second-order valence-corrected chi connectivity index (χ2v) is 8.36. The molecule has 2 aliphatic heterocycles. The quantitative estimate of drug-likeness (QED) is 0.818. The molecule has 2 atom stereocenters. The fourth-order valence-electron chi connectivity index (χ4n) is 4.30. The largest absolute Gasteiger partial charge is 0.388 e. The molecule has 2 aromatic heterocycles. The first-order valence-corrected chi connectivity index (χ1v) is 9.85. The molecule has 4 heterocycles. The highest BCUT2D eigenvalue weighted by Crippen LogP contribution is 2.40. The van der Waals surface area contributed by atoms with Gasteiger partial charge in [0, 0.05) is 42.7 Å². The number of aliphatic hydroxyl groups excluding tert-OH is 1. The molecule has 4 rings (SSSR count). The number of anilines is 1. The van der Waals surface area contributed by atoms with Gasteiger partial charge < -0.3 is 19.8 Å². The summed E-state index contributed by atoms with van der Waals surface area (Å²) in [5.74, 6) is 0.704. The molecule has 2 aromatic rings. The Kier molecular flexibility index (Phi) is 4.85. The van der Waals surface area contributed by atoms with Crippen LogP contribution in [0.4, 0.5) is 5.95 Å². The summed E-state index contributed by atoms with van der Waals surface area (Å²) in [5.41, 5.74) is 2.35. The molecule has 150 valence electrons. The Morgan fingerprint density at radius 3 is 2.57 bits per heavy atom. The Bertz CT molecular complexity index is 862. The number of aryl methyl sites for hydroxylation is 2. The number of aromatic nitrogens is 3. The second kappa shape index (κ2) is 7.06. The third-order valence-electron chi connectivity index (χ3n) is 6.05. The van der Waals surface area contributed by atoms with Crippen LogP contribution in [0.25, 0.3) is 11.3 Å². The predicted molar refractivity (Wildman–Crippen MR) is 106 cm³/mol. The van der Waals surface area contributed by atoms with Gasteiger partial charge in [0.1, 0.15) is 6.10 Å². The Hall–Kier alpha value is -2.09. The minimum atomic E-state index is -1.10. The highest BCUT2D eigenvalue weighted by Gasteiger charge is 2.48. The second-order valence-electron chi connectivity index (χ2n) is 8.36. The van der Waals surface area contributed by atoms with Crippen LogP contribution < -0.4 is 4.90 Å². The minimum Gasteiger partial charge on any atom is -0.388 e. The van der Waals surface area contributed by atoms with Gasteiger partial charge in [0.05, 0.1) is 23.5 Å². The minimum absolute atomic E-state index is 0.179. The Morgan fingerprint density at radius 2 is 1.89 bits per heavy atom. The third kappa shape index (κ3) is 3.62. The molecule has 2 saturated heterocycles. The monoisotopic (exact) mass is 384 g/mol. The molecule has 0 amide bonds. The van der Waals surface area contributed by atoms with Crippen LogP contribution in [0, 0.1) is 13.8 Å². The summed E-state index contributed by atoms with van der Waals surface area (Å²) in [4.78, 5) is 15.9. The molecular formula is C21H28N4O3. The van der Waals surface area contributed by atoms with Gasteiger partial charge in [-0.2, -0.15) is 0 Å². The normalized spacial score (nSPS) is 27.2. The molecule has 2 fully saturated rings. The van der Waals surface area contributed by atoms with Crippen LogP contribution in [0.2, 0.25) is 0 Å². The fraction of sp³-hybridized carbons (Fsp3) is 0.571. The van der Waals surface area contributed by atoms with Gasteiger partial charge in [-0.25, -0.2) is 9.97 Å². The van der Waals surface area contributed by atoms with Gasteiger partial charge in [0.15, 0.2) is 0 Å². The Labute approximate surface area is 165 Å². The summed E-state index contributed by atoms with van der Waals surface area (Å²) < 4.78 is 5.97. The number of ether oxygens (including phenoxy) is 1. The van der Waals surface area contributed by atoms with Crippen molar-refractivity contribution in [3.8, 4) is 11.3 Å². The predicted octanol–water partition coefficient (Wildman–Crippen LogP) is 2.03. The van der Waals surface area contributed by atoms with Gasteiger partial charge in [0.25, 0.3) is 0 Å². The number of hydrogen-bond donors (Lipinski definition) is 2. The molecule has 7 heteroatoms. The maximum Gasteiger partial charge on any atom is 0.225 e. The first-order valence-electron chi connectivity index (χ1n) is 9.85. The topological polar surface area (TPSA) is 91.6 Å².